The summed E-state index contributed by atoms with van der Waals surface area (Å²) >= 11 is 9.58. The molecule has 0 aliphatic heterocycles. The van der Waals surface area contributed by atoms with E-state index in [1.165, 1.54) is 0 Å². The van der Waals surface area contributed by atoms with Crippen molar-refractivity contribution in [2.75, 3.05) is 0 Å². The maximum atomic E-state index is 6.14. The van der Waals surface area contributed by atoms with Crippen LogP contribution in [0, 0.1) is 11.8 Å². The van der Waals surface area contributed by atoms with Crippen LogP contribution in [0.2, 0.25) is 5.02 Å². The predicted octanol–water partition coefficient (Wildman–Crippen LogP) is 6.45. The summed E-state index contributed by atoms with van der Waals surface area (Å²) in [6.07, 6.45) is 2.45. The highest BCUT2D eigenvalue weighted by atomic mass is 79.9. The smallest absolute Gasteiger partial charge is 0.0672 e. The molecule has 25 heavy (non-hydrogen) atoms. The van der Waals surface area contributed by atoms with Gasteiger partial charge in [0.25, 0.3) is 0 Å². The van der Waals surface area contributed by atoms with Crippen molar-refractivity contribution in [3.63, 3.8) is 0 Å². The standard InChI is InChI=1S/C22H15BrClN/c23-20-11-9-18(10-12-20)16-25-22-14-13-21(24)15-19(22)8-4-7-17-5-2-1-3-6-17/h1-3,5-6,9-16H,8H2. The second kappa shape index (κ2) is 8.67. The predicted molar refractivity (Wildman–Crippen MR) is 110 cm³/mol. The van der Waals surface area contributed by atoms with E-state index in [-0.39, 0.29) is 0 Å². The molecule has 0 aliphatic carbocycles. The molecule has 3 heteroatoms. The first kappa shape index (κ1) is 17.5. The average Bonchev–Trinajstić information content (AvgIpc) is 2.63. The molecule has 0 N–H and O–H groups in total. The Morgan fingerprint density at radius 3 is 2.48 bits per heavy atom. The molecule has 0 fully saturated rings. The largest absolute Gasteiger partial charge is 0.256 e. The Hall–Kier alpha value is -2.34. The van der Waals surface area contributed by atoms with Crippen LogP contribution >= 0.6 is 27.5 Å². The fraction of sp³-hybridized carbons (Fsp3) is 0.0455. The van der Waals surface area contributed by atoms with Crippen molar-refractivity contribution in [2.45, 2.75) is 6.42 Å². The van der Waals surface area contributed by atoms with Crippen molar-refractivity contribution in [3.05, 3.63) is 99.0 Å². The highest BCUT2D eigenvalue weighted by molar-refractivity contribution is 9.10. The van der Waals surface area contributed by atoms with Crippen LogP contribution in [0.25, 0.3) is 0 Å². The number of benzene rings is 3. The van der Waals surface area contributed by atoms with Crippen molar-refractivity contribution in [1.29, 1.82) is 0 Å². The van der Waals surface area contributed by atoms with E-state index in [1.54, 1.807) is 0 Å². The summed E-state index contributed by atoms with van der Waals surface area (Å²) in [6.45, 7) is 0. The average molecular weight is 409 g/mol. The van der Waals surface area contributed by atoms with Gasteiger partial charge in [0, 0.05) is 27.7 Å². The van der Waals surface area contributed by atoms with E-state index in [0.717, 1.165) is 26.9 Å². The number of aliphatic imine (C=N–C) groups is 1. The maximum Gasteiger partial charge on any atom is 0.0672 e. The maximum absolute atomic E-state index is 6.14. The Morgan fingerprint density at radius 2 is 1.72 bits per heavy atom. The molecule has 0 saturated carbocycles. The minimum Gasteiger partial charge on any atom is -0.256 e. The molecule has 0 unspecified atom stereocenters. The normalized spacial score (nSPS) is 10.5. The van der Waals surface area contributed by atoms with Gasteiger partial charge in [-0.1, -0.05) is 69.7 Å². The van der Waals surface area contributed by atoms with Gasteiger partial charge in [0.1, 0.15) is 0 Å². The van der Waals surface area contributed by atoms with E-state index in [1.807, 2.05) is 79.0 Å². The molecule has 1 nitrogen and oxygen atoms in total. The summed E-state index contributed by atoms with van der Waals surface area (Å²) in [5, 5.41) is 0.694. The quantitative estimate of drug-likeness (QED) is 0.349. The SMILES string of the molecule is Clc1ccc(N=Cc2ccc(Br)cc2)c(CC#Cc2ccccc2)c1. The molecule has 0 saturated heterocycles. The fourth-order valence-corrected chi connectivity index (χ4v) is 2.74. The van der Waals surface area contributed by atoms with Gasteiger partial charge in [0.15, 0.2) is 0 Å². The van der Waals surface area contributed by atoms with Gasteiger partial charge in [-0.3, -0.25) is 4.99 Å². The van der Waals surface area contributed by atoms with E-state index in [2.05, 4.69) is 32.8 Å². The van der Waals surface area contributed by atoms with Crippen LogP contribution in [0.1, 0.15) is 16.7 Å². The molecule has 0 aromatic heterocycles. The Morgan fingerprint density at radius 1 is 0.960 bits per heavy atom. The van der Waals surface area contributed by atoms with Crippen LogP contribution in [0.15, 0.2) is 82.3 Å². The molecule has 0 atom stereocenters. The molecule has 0 spiro atoms. The van der Waals surface area contributed by atoms with Crippen LogP contribution in [0.5, 0.6) is 0 Å². The van der Waals surface area contributed by atoms with Gasteiger partial charge in [-0.25, -0.2) is 0 Å². The lowest BCUT2D eigenvalue weighted by Crippen LogP contribution is -1.86. The molecule has 3 rings (SSSR count). The Bertz CT molecular complexity index is 935. The summed E-state index contributed by atoms with van der Waals surface area (Å²) in [7, 11) is 0. The highest BCUT2D eigenvalue weighted by Crippen LogP contribution is 2.24. The summed E-state index contributed by atoms with van der Waals surface area (Å²) in [5.41, 5.74) is 3.95. The lowest BCUT2D eigenvalue weighted by molar-refractivity contribution is 1.29. The van der Waals surface area contributed by atoms with Crippen LogP contribution < -0.4 is 0 Å². The first-order valence-corrected chi connectivity index (χ1v) is 9.00. The monoisotopic (exact) mass is 407 g/mol. The van der Waals surface area contributed by atoms with Crippen molar-refractivity contribution in [1.82, 2.24) is 0 Å². The van der Waals surface area contributed by atoms with Gasteiger partial charge >= 0.3 is 0 Å². The highest BCUT2D eigenvalue weighted by Gasteiger charge is 2.01. The van der Waals surface area contributed by atoms with E-state index in [4.69, 9.17) is 11.6 Å². The fourth-order valence-electron chi connectivity index (χ4n) is 2.28. The van der Waals surface area contributed by atoms with Crippen LogP contribution in [-0.2, 0) is 6.42 Å². The second-order valence-electron chi connectivity index (χ2n) is 5.43. The number of hydrogen-bond acceptors (Lipinski definition) is 1. The number of hydrogen-bond donors (Lipinski definition) is 0. The zero-order chi connectivity index (χ0) is 17.5. The lowest BCUT2D eigenvalue weighted by atomic mass is 10.1. The molecule has 0 heterocycles. The molecule has 0 bridgehead atoms. The molecule has 3 aromatic rings. The second-order valence-corrected chi connectivity index (χ2v) is 6.78. The van der Waals surface area contributed by atoms with Crippen molar-refractivity contribution in [2.24, 2.45) is 4.99 Å². The van der Waals surface area contributed by atoms with Crippen LogP contribution in [-0.4, -0.2) is 6.21 Å². The molecule has 0 aliphatic rings. The van der Waals surface area contributed by atoms with Gasteiger partial charge < -0.3 is 0 Å². The lowest BCUT2D eigenvalue weighted by Gasteiger charge is -2.03. The molecule has 122 valence electrons. The third kappa shape index (κ3) is 5.32. The van der Waals surface area contributed by atoms with E-state index < -0.39 is 0 Å². The van der Waals surface area contributed by atoms with Gasteiger partial charge in [-0.2, -0.15) is 0 Å². The van der Waals surface area contributed by atoms with Gasteiger partial charge in [0.2, 0.25) is 0 Å². The van der Waals surface area contributed by atoms with Gasteiger partial charge in [0.05, 0.1) is 5.69 Å². The Kier molecular flexibility index (Phi) is 6.06. The minimum absolute atomic E-state index is 0.600. The van der Waals surface area contributed by atoms with Gasteiger partial charge in [-0.05, 0) is 53.6 Å². The topological polar surface area (TPSA) is 12.4 Å². The third-order valence-electron chi connectivity index (χ3n) is 3.55. The Balaban J connectivity index is 1.81. The van der Waals surface area contributed by atoms with Crippen molar-refractivity contribution >= 4 is 39.4 Å². The number of rotatable bonds is 3. The van der Waals surface area contributed by atoms with E-state index >= 15 is 0 Å². The number of halogens is 2. The zero-order valence-corrected chi connectivity index (χ0v) is 15.8. The van der Waals surface area contributed by atoms with Crippen molar-refractivity contribution in [3.8, 4) is 11.8 Å². The first-order valence-electron chi connectivity index (χ1n) is 7.83. The summed E-state index contributed by atoms with van der Waals surface area (Å²) < 4.78 is 1.05. The van der Waals surface area contributed by atoms with Crippen LogP contribution in [0.4, 0.5) is 5.69 Å². The molecule has 3 aromatic carbocycles. The molecule has 0 radical (unpaired) electrons. The number of nitrogens with zero attached hydrogens (tertiary/aromatic N) is 1. The Labute approximate surface area is 161 Å². The molecule has 0 amide bonds. The van der Waals surface area contributed by atoms with Crippen molar-refractivity contribution < 1.29 is 0 Å². The molecular weight excluding hydrogens is 394 g/mol. The first-order chi connectivity index (χ1) is 12.2. The van der Waals surface area contributed by atoms with Crippen LogP contribution in [0.3, 0.4) is 0 Å². The van der Waals surface area contributed by atoms with E-state index in [0.29, 0.717) is 11.4 Å². The summed E-state index contributed by atoms with van der Waals surface area (Å²) in [4.78, 5) is 4.61. The van der Waals surface area contributed by atoms with Gasteiger partial charge in [-0.15, -0.1) is 0 Å². The summed E-state index contributed by atoms with van der Waals surface area (Å²) in [6, 6.07) is 23.7. The minimum atomic E-state index is 0.600. The van der Waals surface area contributed by atoms with E-state index in [9.17, 15) is 0 Å². The third-order valence-corrected chi connectivity index (χ3v) is 4.31. The molecular formula is C22H15BrClN. The zero-order valence-electron chi connectivity index (χ0n) is 13.4. The summed E-state index contributed by atoms with van der Waals surface area (Å²) in [5.74, 6) is 6.37.